The predicted octanol–water partition coefficient (Wildman–Crippen LogP) is 3.45. The Morgan fingerprint density at radius 1 is 1.43 bits per heavy atom. The maximum atomic E-state index is 12.2. The van der Waals surface area contributed by atoms with Gasteiger partial charge in [-0.25, -0.2) is 4.79 Å². The van der Waals surface area contributed by atoms with Gasteiger partial charge in [-0.15, -0.1) is 11.8 Å². The third-order valence-electron chi connectivity index (χ3n) is 4.79. The van der Waals surface area contributed by atoms with Gasteiger partial charge < -0.3 is 9.47 Å². The van der Waals surface area contributed by atoms with Crippen molar-refractivity contribution in [3.05, 3.63) is 12.4 Å². The van der Waals surface area contributed by atoms with Crippen LogP contribution in [-0.2, 0) is 14.3 Å². The molecule has 0 N–H and O–H groups in total. The Balaban J connectivity index is 1.66. The Morgan fingerprint density at radius 2 is 2.26 bits per heavy atom. The van der Waals surface area contributed by atoms with Crippen LogP contribution in [0.4, 0.5) is 0 Å². The van der Waals surface area contributed by atoms with Gasteiger partial charge in [0.15, 0.2) is 0 Å². The van der Waals surface area contributed by atoms with Crippen molar-refractivity contribution in [2.75, 3.05) is 20.3 Å². The molecule has 0 spiro atoms. The minimum absolute atomic E-state index is 0.212. The third-order valence-corrected chi connectivity index (χ3v) is 6.07. The first-order valence-electron chi connectivity index (χ1n) is 8.62. The number of carbonyl (C=O) groups is 1. The largest absolute Gasteiger partial charge is 0.467 e. The number of ether oxygens (including phenoxy) is 2. The number of esters is 1. The summed E-state index contributed by atoms with van der Waals surface area (Å²) in [5, 5.41) is 5.15. The molecule has 0 amide bonds. The van der Waals surface area contributed by atoms with E-state index < -0.39 is 0 Å². The summed E-state index contributed by atoms with van der Waals surface area (Å²) in [7, 11) is 1.45. The molecule has 3 rings (SSSR count). The van der Waals surface area contributed by atoms with E-state index >= 15 is 0 Å². The Bertz CT molecular complexity index is 508. The van der Waals surface area contributed by atoms with Crippen LogP contribution in [-0.4, -0.2) is 41.3 Å². The summed E-state index contributed by atoms with van der Waals surface area (Å²) in [5.41, 5.74) is 0. The van der Waals surface area contributed by atoms with Crippen molar-refractivity contribution in [2.24, 2.45) is 5.92 Å². The molecular weight excluding hydrogens is 312 g/mol. The van der Waals surface area contributed by atoms with Crippen molar-refractivity contribution in [2.45, 2.75) is 61.1 Å². The van der Waals surface area contributed by atoms with E-state index in [1.165, 1.54) is 32.8 Å². The van der Waals surface area contributed by atoms with Gasteiger partial charge in [0.2, 0.25) is 0 Å². The second-order valence-electron chi connectivity index (χ2n) is 6.54. The number of aromatic nitrogens is 2. The molecule has 1 saturated carbocycles. The molecule has 0 bridgehead atoms. The molecule has 0 radical (unpaired) electrons. The number of methoxy groups -OCH3 is 1. The lowest BCUT2D eigenvalue weighted by Gasteiger charge is -2.25. The first-order chi connectivity index (χ1) is 11.3. The van der Waals surface area contributed by atoms with E-state index in [0.717, 1.165) is 37.4 Å². The second-order valence-corrected chi connectivity index (χ2v) is 7.91. The van der Waals surface area contributed by atoms with Crippen molar-refractivity contribution in [3.8, 4) is 0 Å². The second kappa shape index (κ2) is 8.20. The van der Waals surface area contributed by atoms with E-state index in [9.17, 15) is 4.79 Å². The van der Waals surface area contributed by atoms with Crippen LogP contribution in [0, 0.1) is 5.92 Å². The fourth-order valence-electron chi connectivity index (χ4n) is 3.51. The Labute approximate surface area is 142 Å². The summed E-state index contributed by atoms with van der Waals surface area (Å²) in [5.74, 6) is 0.194. The highest BCUT2D eigenvalue weighted by molar-refractivity contribution is 8.00. The monoisotopic (exact) mass is 338 g/mol. The topological polar surface area (TPSA) is 53.4 Å². The van der Waals surface area contributed by atoms with E-state index in [-0.39, 0.29) is 12.0 Å². The normalized spacial score (nSPS) is 23.8. The molecule has 5 nitrogen and oxygen atoms in total. The van der Waals surface area contributed by atoms with Gasteiger partial charge in [0.25, 0.3) is 0 Å². The zero-order valence-corrected chi connectivity index (χ0v) is 14.6. The lowest BCUT2D eigenvalue weighted by molar-refractivity contribution is -0.145. The maximum Gasteiger partial charge on any atom is 0.330 e. The molecule has 0 aromatic carbocycles. The fourth-order valence-corrected chi connectivity index (χ4v) is 4.74. The molecule has 128 valence electrons. The minimum atomic E-state index is -0.343. The van der Waals surface area contributed by atoms with Gasteiger partial charge in [0, 0.05) is 29.6 Å². The van der Waals surface area contributed by atoms with E-state index in [1.54, 1.807) is 4.68 Å². The highest BCUT2D eigenvalue weighted by Crippen LogP contribution is 2.35. The van der Waals surface area contributed by atoms with Gasteiger partial charge >= 0.3 is 5.97 Å². The molecule has 1 aromatic rings. The van der Waals surface area contributed by atoms with Crippen LogP contribution in [0.2, 0.25) is 0 Å². The van der Waals surface area contributed by atoms with Gasteiger partial charge in [-0.2, -0.15) is 5.10 Å². The van der Waals surface area contributed by atoms with Crippen molar-refractivity contribution in [1.82, 2.24) is 9.78 Å². The molecule has 1 saturated heterocycles. The van der Waals surface area contributed by atoms with Crippen LogP contribution in [0.3, 0.4) is 0 Å². The summed E-state index contributed by atoms with van der Waals surface area (Å²) in [6.07, 6.45) is 12.0. The van der Waals surface area contributed by atoms with Crippen molar-refractivity contribution >= 4 is 17.7 Å². The van der Waals surface area contributed by atoms with E-state index in [2.05, 4.69) is 5.10 Å². The minimum Gasteiger partial charge on any atom is -0.467 e. The van der Waals surface area contributed by atoms with Crippen LogP contribution in [0.1, 0.15) is 51.0 Å². The number of hydrogen-bond acceptors (Lipinski definition) is 5. The van der Waals surface area contributed by atoms with E-state index in [1.807, 2.05) is 24.2 Å². The first kappa shape index (κ1) is 16.8. The maximum absolute atomic E-state index is 12.2. The van der Waals surface area contributed by atoms with Crippen LogP contribution >= 0.6 is 11.8 Å². The predicted molar refractivity (Wildman–Crippen MR) is 89.6 cm³/mol. The standard InChI is InChI=1S/C17H26N2O3S/c1-21-17(20)16(9-13-5-4-8-22-12-13)19-11-15(10-18-19)23-14-6-2-3-7-14/h10-11,13-14,16H,2-9,12H2,1H3. The van der Waals surface area contributed by atoms with Gasteiger partial charge in [-0.3, -0.25) is 4.68 Å². The summed E-state index contributed by atoms with van der Waals surface area (Å²) in [6, 6.07) is -0.343. The average Bonchev–Trinajstić information content (AvgIpc) is 3.25. The van der Waals surface area contributed by atoms with Crippen LogP contribution < -0.4 is 0 Å². The molecule has 23 heavy (non-hydrogen) atoms. The van der Waals surface area contributed by atoms with Crippen LogP contribution in [0.15, 0.2) is 17.3 Å². The number of rotatable bonds is 6. The average molecular weight is 338 g/mol. The molecule has 1 aliphatic carbocycles. The lowest BCUT2D eigenvalue weighted by atomic mass is 9.94. The first-order valence-corrected chi connectivity index (χ1v) is 9.50. The molecule has 2 aliphatic rings. The molecule has 2 fully saturated rings. The van der Waals surface area contributed by atoms with Crippen LogP contribution in [0.25, 0.3) is 0 Å². The lowest BCUT2D eigenvalue weighted by Crippen LogP contribution is -2.27. The number of hydrogen-bond donors (Lipinski definition) is 0. The molecule has 2 atom stereocenters. The van der Waals surface area contributed by atoms with Gasteiger partial charge in [-0.1, -0.05) is 12.8 Å². The molecule has 2 heterocycles. The number of thioether (sulfide) groups is 1. The van der Waals surface area contributed by atoms with Crippen molar-refractivity contribution in [3.63, 3.8) is 0 Å². The zero-order chi connectivity index (χ0) is 16.1. The van der Waals surface area contributed by atoms with Gasteiger partial charge in [0.05, 0.1) is 13.3 Å². The summed E-state index contributed by atoms with van der Waals surface area (Å²) in [4.78, 5) is 13.4. The zero-order valence-electron chi connectivity index (χ0n) is 13.8. The van der Waals surface area contributed by atoms with Crippen molar-refractivity contribution in [1.29, 1.82) is 0 Å². The molecule has 1 aliphatic heterocycles. The number of nitrogens with zero attached hydrogens (tertiary/aromatic N) is 2. The summed E-state index contributed by atoms with van der Waals surface area (Å²) in [6.45, 7) is 1.57. The fraction of sp³-hybridized carbons (Fsp3) is 0.765. The Kier molecular flexibility index (Phi) is 6.00. The molecule has 6 heteroatoms. The highest BCUT2D eigenvalue weighted by atomic mass is 32.2. The SMILES string of the molecule is COC(=O)C(CC1CCCOC1)n1cc(SC2CCCC2)cn1. The smallest absolute Gasteiger partial charge is 0.330 e. The van der Waals surface area contributed by atoms with Crippen molar-refractivity contribution < 1.29 is 14.3 Å². The third kappa shape index (κ3) is 4.51. The molecular formula is C17H26N2O3S. The number of carbonyl (C=O) groups excluding carboxylic acids is 1. The van der Waals surface area contributed by atoms with E-state index in [0.29, 0.717) is 11.2 Å². The Hall–Kier alpha value is -1.01. The summed E-state index contributed by atoms with van der Waals surface area (Å²) < 4.78 is 12.3. The summed E-state index contributed by atoms with van der Waals surface area (Å²) >= 11 is 1.89. The van der Waals surface area contributed by atoms with Crippen LogP contribution in [0.5, 0.6) is 0 Å². The quantitative estimate of drug-likeness (QED) is 0.744. The molecule has 1 aromatic heterocycles. The van der Waals surface area contributed by atoms with E-state index in [4.69, 9.17) is 9.47 Å². The van der Waals surface area contributed by atoms with Gasteiger partial charge in [-0.05, 0) is 38.0 Å². The Morgan fingerprint density at radius 3 is 2.96 bits per heavy atom. The van der Waals surface area contributed by atoms with Gasteiger partial charge in [0.1, 0.15) is 6.04 Å². The highest BCUT2D eigenvalue weighted by Gasteiger charge is 2.28. The molecule has 2 unspecified atom stereocenters.